The van der Waals surface area contributed by atoms with Crippen LogP contribution in [0.4, 0.5) is 4.79 Å². The van der Waals surface area contributed by atoms with Gasteiger partial charge in [-0.25, -0.2) is 17.9 Å². The molecule has 0 saturated carbocycles. The van der Waals surface area contributed by atoms with Gasteiger partial charge < -0.3 is 0 Å². The van der Waals surface area contributed by atoms with Crippen molar-refractivity contribution in [3.8, 4) is 0 Å². The lowest BCUT2D eigenvalue weighted by molar-refractivity contribution is 0.251. The number of carbonyl (C=O) groups excluding carboxylic acids is 1. The summed E-state index contributed by atoms with van der Waals surface area (Å²) in [6.07, 6.45) is 2.58. The molecular formula is C6H7N3O3S3. The van der Waals surface area contributed by atoms with Crippen molar-refractivity contribution in [2.45, 2.75) is 4.90 Å². The Morgan fingerprint density at radius 1 is 1.53 bits per heavy atom. The van der Waals surface area contributed by atoms with Crippen LogP contribution in [0.25, 0.3) is 0 Å². The molecule has 6 nitrogen and oxygen atoms in total. The number of hydrogen-bond donors (Lipinski definition) is 3. The number of rotatable bonds is 3. The minimum absolute atomic E-state index is 0.0793. The predicted octanol–water partition coefficient (Wildman–Crippen LogP) is 0.563. The summed E-state index contributed by atoms with van der Waals surface area (Å²) >= 11 is 3.63. The Balaban J connectivity index is 2.81. The first-order valence-corrected chi connectivity index (χ1v) is 6.94. The number of pyridine rings is 1. The van der Waals surface area contributed by atoms with Crippen molar-refractivity contribution in [3.63, 3.8) is 0 Å². The van der Waals surface area contributed by atoms with Gasteiger partial charge in [-0.3, -0.25) is 9.71 Å². The van der Waals surface area contributed by atoms with Gasteiger partial charge in [-0.2, -0.15) is 0 Å². The normalized spacial score (nSPS) is 10.7. The largest absolute Gasteiger partial charge is 0.339 e. The summed E-state index contributed by atoms with van der Waals surface area (Å²) in [5.41, 5.74) is 0. The third-order valence-corrected chi connectivity index (χ3v) is 3.18. The second-order valence-corrected chi connectivity index (χ2v) is 4.93. The lowest BCUT2D eigenvalue weighted by Crippen LogP contribution is -2.35. The molecule has 0 aliphatic rings. The highest BCUT2D eigenvalue weighted by molar-refractivity contribution is 8.68. The number of sulfonamides is 1. The highest BCUT2D eigenvalue weighted by Crippen LogP contribution is 2.05. The third kappa shape index (κ3) is 3.61. The number of thiol groups is 1. The predicted molar refractivity (Wildman–Crippen MR) is 59.7 cm³/mol. The molecule has 0 atom stereocenters. The van der Waals surface area contributed by atoms with Gasteiger partial charge in [0.25, 0.3) is 10.0 Å². The Bertz CT molecular complexity index is 433. The average Bonchev–Trinajstić information content (AvgIpc) is 2.18. The zero-order chi connectivity index (χ0) is 11.3. The van der Waals surface area contributed by atoms with Crippen molar-refractivity contribution in [1.29, 1.82) is 0 Å². The van der Waals surface area contributed by atoms with E-state index in [4.69, 9.17) is 0 Å². The van der Waals surface area contributed by atoms with Crippen LogP contribution in [0.15, 0.2) is 29.4 Å². The lowest BCUT2D eigenvalue weighted by atomic mass is 10.5. The van der Waals surface area contributed by atoms with E-state index in [9.17, 15) is 13.2 Å². The van der Waals surface area contributed by atoms with E-state index in [0.29, 0.717) is 11.0 Å². The van der Waals surface area contributed by atoms with Crippen molar-refractivity contribution in [2.24, 2.45) is 0 Å². The van der Waals surface area contributed by atoms with Crippen LogP contribution in [0.2, 0.25) is 0 Å². The monoisotopic (exact) mass is 265 g/mol. The fraction of sp³-hybridized carbons (Fsp3) is 0. The number of nitrogens with one attached hydrogen (secondary N) is 2. The third-order valence-electron chi connectivity index (χ3n) is 1.31. The molecule has 0 aromatic carbocycles. The molecule has 1 aromatic rings. The van der Waals surface area contributed by atoms with Gasteiger partial charge in [-0.1, -0.05) is 11.7 Å². The second kappa shape index (κ2) is 5.24. The van der Waals surface area contributed by atoms with Gasteiger partial charge in [0.05, 0.1) is 0 Å². The Labute approximate surface area is 95.9 Å². The van der Waals surface area contributed by atoms with E-state index < -0.39 is 16.1 Å². The minimum atomic E-state index is -3.85. The molecule has 15 heavy (non-hydrogen) atoms. The van der Waals surface area contributed by atoms with Gasteiger partial charge in [0.1, 0.15) is 4.90 Å². The Morgan fingerprint density at radius 3 is 2.80 bits per heavy atom. The van der Waals surface area contributed by atoms with Crippen molar-refractivity contribution in [1.82, 2.24) is 14.4 Å². The van der Waals surface area contributed by atoms with Crippen LogP contribution in [-0.4, -0.2) is 19.4 Å². The molecule has 1 aromatic heterocycles. The molecule has 0 fully saturated rings. The number of carbonyl (C=O) groups is 1. The maximum absolute atomic E-state index is 11.5. The smallest absolute Gasteiger partial charge is 0.272 e. The molecule has 1 heterocycles. The van der Waals surface area contributed by atoms with Gasteiger partial charge in [-0.05, 0) is 12.1 Å². The summed E-state index contributed by atoms with van der Waals surface area (Å²) in [4.78, 5) is 14.5. The van der Waals surface area contributed by atoms with E-state index in [1.165, 1.54) is 18.3 Å². The Hall–Kier alpha value is -0.930. The van der Waals surface area contributed by atoms with Crippen molar-refractivity contribution in [3.05, 3.63) is 24.5 Å². The number of urea groups is 1. The first-order valence-electron chi connectivity index (χ1n) is 3.59. The standard InChI is InChI=1S/C6H7N3O3S3/c10-6(8-14-13)9-15(11,12)5-2-1-3-7-4-5/h1-4,13H,(H2,8,9,10). The fourth-order valence-electron chi connectivity index (χ4n) is 0.749. The van der Waals surface area contributed by atoms with Crippen molar-refractivity contribution >= 4 is 38.7 Å². The van der Waals surface area contributed by atoms with Crippen molar-refractivity contribution in [2.75, 3.05) is 0 Å². The Morgan fingerprint density at radius 2 is 2.27 bits per heavy atom. The quantitative estimate of drug-likeness (QED) is 0.422. The van der Waals surface area contributed by atoms with Gasteiger partial charge >= 0.3 is 6.03 Å². The second-order valence-electron chi connectivity index (χ2n) is 2.32. The highest BCUT2D eigenvalue weighted by atomic mass is 33.1. The summed E-state index contributed by atoms with van der Waals surface area (Å²) in [6.45, 7) is 0. The number of aromatic nitrogens is 1. The van der Waals surface area contributed by atoms with E-state index in [0.717, 1.165) is 6.20 Å². The van der Waals surface area contributed by atoms with Gasteiger partial charge in [0, 0.05) is 23.4 Å². The lowest BCUT2D eigenvalue weighted by Gasteiger charge is -2.05. The molecule has 0 aliphatic heterocycles. The van der Waals surface area contributed by atoms with E-state index in [1.54, 1.807) is 4.72 Å². The maximum Gasteiger partial charge on any atom is 0.339 e. The number of hydrogen-bond acceptors (Lipinski definition) is 6. The van der Waals surface area contributed by atoms with Gasteiger partial charge in [0.2, 0.25) is 0 Å². The summed E-state index contributed by atoms with van der Waals surface area (Å²) in [6, 6.07) is 1.93. The van der Waals surface area contributed by atoms with Crippen LogP contribution in [0.5, 0.6) is 0 Å². The topological polar surface area (TPSA) is 88.2 Å². The molecule has 1 rings (SSSR count). The number of amides is 2. The first-order chi connectivity index (χ1) is 7.06. The molecule has 0 spiro atoms. The van der Waals surface area contributed by atoms with Crippen LogP contribution in [0, 0.1) is 0 Å². The maximum atomic E-state index is 11.5. The number of nitrogens with zero attached hydrogens (tertiary/aromatic N) is 1. The molecule has 0 unspecified atom stereocenters. The fourth-order valence-corrected chi connectivity index (χ4v) is 2.07. The van der Waals surface area contributed by atoms with Gasteiger partial charge in [0.15, 0.2) is 0 Å². The first kappa shape index (κ1) is 12.1. The van der Waals surface area contributed by atoms with E-state index in [2.05, 4.69) is 21.4 Å². The zero-order valence-electron chi connectivity index (χ0n) is 7.25. The molecule has 2 amide bonds. The summed E-state index contributed by atoms with van der Waals surface area (Å²) in [5.74, 6) is 0. The van der Waals surface area contributed by atoms with Crippen molar-refractivity contribution < 1.29 is 13.2 Å². The Kier molecular flexibility index (Phi) is 4.24. The van der Waals surface area contributed by atoms with Crippen LogP contribution in [-0.2, 0) is 10.0 Å². The highest BCUT2D eigenvalue weighted by Gasteiger charge is 2.16. The van der Waals surface area contributed by atoms with E-state index in [-0.39, 0.29) is 4.90 Å². The molecular weight excluding hydrogens is 258 g/mol. The average molecular weight is 265 g/mol. The molecule has 2 N–H and O–H groups in total. The summed E-state index contributed by atoms with van der Waals surface area (Å²) in [5, 5.41) is 0. The summed E-state index contributed by atoms with van der Waals surface area (Å²) < 4.78 is 26.8. The van der Waals surface area contributed by atoms with Crippen LogP contribution < -0.4 is 9.44 Å². The van der Waals surface area contributed by atoms with Crippen LogP contribution >= 0.6 is 22.6 Å². The van der Waals surface area contributed by atoms with E-state index in [1.807, 2.05) is 0 Å². The molecule has 0 radical (unpaired) electrons. The molecule has 0 saturated heterocycles. The zero-order valence-corrected chi connectivity index (χ0v) is 9.77. The van der Waals surface area contributed by atoms with Crippen LogP contribution in [0.3, 0.4) is 0 Å². The molecule has 0 bridgehead atoms. The van der Waals surface area contributed by atoms with Crippen LogP contribution in [0.1, 0.15) is 0 Å². The molecule has 0 aliphatic carbocycles. The van der Waals surface area contributed by atoms with E-state index >= 15 is 0 Å². The minimum Gasteiger partial charge on any atom is -0.272 e. The molecule has 82 valence electrons. The summed E-state index contributed by atoms with van der Waals surface area (Å²) in [7, 11) is -3.16. The van der Waals surface area contributed by atoms with Gasteiger partial charge in [-0.15, -0.1) is 0 Å². The SMILES string of the molecule is O=C(NSS)NS(=O)(=O)c1cccnc1. The molecule has 9 heteroatoms.